The van der Waals surface area contributed by atoms with E-state index < -0.39 is 0 Å². The predicted octanol–water partition coefficient (Wildman–Crippen LogP) is 0.812. The lowest BCUT2D eigenvalue weighted by atomic mass is 10.0. The van der Waals surface area contributed by atoms with Crippen LogP contribution in [-0.2, 0) is 7.05 Å². The van der Waals surface area contributed by atoms with Crippen molar-refractivity contribution in [1.82, 2.24) is 20.2 Å². The predicted molar refractivity (Wildman–Crippen MR) is 49.2 cm³/mol. The number of aryl methyl sites for hydroxylation is 1. The highest BCUT2D eigenvalue weighted by molar-refractivity contribution is 5.22. The quantitative estimate of drug-likeness (QED) is 0.747. The minimum Gasteiger partial charge on any atom is -0.353 e. The third-order valence-corrected chi connectivity index (χ3v) is 2.95. The molecule has 0 atom stereocenters. The van der Waals surface area contributed by atoms with E-state index in [1.54, 1.807) is 4.68 Å². The molecule has 5 heteroatoms. The van der Waals surface area contributed by atoms with Gasteiger partial charge in [0.25, 0.3) is 0 Å². The maximum absolute atomic E-state index is 3.87. The van der Waals surface area contributed by atoms with Gasteiger partial charge >= 0.3 is 0 Å². The third-order valence-electron chi connectivity index (χ3n) is 2.95. The van der Waals surface area contributed by atoms with Crippen LogP contribution in [0.15, 0.2) is 0 Å². The summed E-state index contributed by atoms with van der Waals surface area (Å²) >= 11 is 0. The Morgan fingerprint density at radius 2 is 2.31 bits per heavy atom. The molecular formula is C8H15N5. The van der Waals surface area contributed by atoms with Crippen molar-refractivity contribution in [1.29, 1.82) is 0 Å². The second-order valence-corrected chi connectivity index (χ2v) is 3.83. The Morgan fingerprint density at radius 3 is 2.77 bits per heavy atom. The molecule has 5 nitrogen and oxygen atoms in total. The van der Waals surface area contributed by atoms with Gasteiger partial charge in [-0.2, -0.15) is 0 Å². The van der Waals surface area contributed by atoms with Crippen molar-refractivity contribution in [2.45, 2.75) is 26.2 Å². The molecule has 1 saturated carbocycles. The molecule has 0 aromatic carbocycles. The molecule has 1 aliphatic carbocycles. The van der Waals surface area contributed by atoms with Gasteiger partial charge in [-0.3, -0.25) is 0 Å². The number of rotatable bonds is 4. The molecule has 1 fully saturated rings. The molecule has 13 heavy (non-hydrogen) atoms. The smallest absolute Gasteiger partial charge is 0.242 e. The molecule has 2 rings (SSSR count). The number of hydrogen-bond donors (Lipinski definition) is 1. The maximum Gasteiger partial charge on any atom is 0.242 e. The second-order valence-electron chi connectivity index (χ2n) is 3.83. The average molecular weight is 181 g/mol. The van der Waals surface area contributed by atoms with Crippen molar-refractivity contribution in [3.8, 4) is 0 Å². The molecule has 0 saturated heterocycles. The summed E-state index contributed by atoms with van der Waals surface area (Å²) in [5.74, 6) is 0.764. The summed E-state index contributed by atoms with van der Waals surface area (Å²) in [5, 5.41) is 14.5. The molecule has 0 aliphatic heterocycles. The van der Waals surface area contributed by atoms with Crippen molar-refractivity contribution in [3.05, 3.63) is 0 Å². The Hall–Kier alpha value is -1.13. The summed E-state index contributed by atoms with van der Waals surface area (Å²) < 4.78 is 1.66. The van der Waals surface area contributed by atoms with Crippen molar-refractivity contribution in [2.75, 3.05) is 11.9 Å². The molecule has 1 aromatic rings. The minimum absolute atomic E-state index is 0.534. The lowest BCUT2D eigenvalue weighted by Crippen LogP contribution is -2.16. The van der Waals surface area contributed by atoms with Crippen LogP contribution < -0.4 is 5.32 Å². The highest BCUT2D eigenvalue weighted by Gasteiger charge is 2.40. The monoisotopic (exact) mass is 181 g/mol. The van der Waals surface area contributed by atoms with Gasteiger partial charge in [0, 0.05) is 13.6 Å². The standard InChI is InChI=1S/C8H15N5/c1-3-8(4-5-8)6-9-7-10-11-12-13(7)2/h3-6H2,1-2H3,(H,9,10,12). The lowest BCUT2D eigenvalue weighted by molar-refractivity contribution is 0.518. The van der Waals surface area contributed by atoms with Gasteiger partial charge in [0.2, 0.25) is 5.95 Å². The van der Waals surface area contributed by atoms with Crippen LogP contribution >= 0.6 is 0 Å². The summed E-state index contributed by atoms with van der Waals surface area (Å²) in [6.07, 6.45) is 3.91. The number of tetrazole rings is 1. The molecule has 1 aromatic heterocycles. The van der Waals surface area contributed by atoms with Crippen molar-refractivity contribution < 1.29 is 0 Å². The summed E-state index contributed by atoms with van der Waals surface area (Å²) in [4.78, 5) is 0. The summed E-state index contributed by atoms with van der Waals surface area (Å²) in [6.45, 7) is 3.24. The number of nitrogens with zero attached hydrogens (tertiary/aromatic N) is 4. The first kappa shape index (κ1) is 8.47. The van der Waals surface area contributed by atoms with E-state index in [-0.39, 0.29) is 0 Å². The molecule has 1 aliphatic rings. The number of anilines is 1. The van der Waals surface area contributed by atoms with E-state index >= 15 is 0 Å². The molecule has 0 bridgehead atoms. The van der Waals surface area contributed by atoms with Crippen molar-refractivity contribution in [2.24, 2.45) is 12.5 Å². The summed E-state index contributed by atoms with van der Waals surface area (Å²) in [5.41, 5.74) is 0.534. The van der Waals surface area contributed by atoms with Gasteiger partial charge in [0.15, 0.2) is 0 Å². The average Bonchev–Trinajstić information content (AvgIpc) is 2.82. The van der Waals surface area contributed by atoms with Gasteiger partial charge in [-0.25, -0.2) is 4.68 Å². The van der Waals surface area contributed by atoms with Gasteiger partial charge in [0.1, 0.15) is 0 Å². The van der Waals surface area contributed by atoms with Crippen molar-refractivity contribution in [3.63, 3.8) is 0 Å². The Balaban J connectivity index is 1.90. The van der Waals surface area contributed by atoms with Gasteiger partial charge in [0.05, 0.1) is 0 Å². The summed E-state index contributed by atoms with van der Waals surface area (Å²) in [7, 11) is 1.84. The largest absolute Gasteiger partial charge is 0.353 e. The molecule has 0 amide bonds. The van der Waals surface area contributed by atoms with Gasteiger partial charge in [-0.1, -0.05) is 12.0 Å². The zero-order chi connectivity index (χ0) is 9.31. The van der Waals surface area contributed by atoms with Crippen LogP contribution in [0.1, 0.15) is 26.2 Å². The van der Waals surface area contributed by atoms with Gasteiger partial charge in [-0.05, 0) is 35.1 Å². The molecule has 1 N–H and O–H groups in total. The first-order valence-corrected chi connectivity index (χ1v) is 4.72. The van der Waals surface area contributed by atoms with Crippen LogP contribution in [0, 0.1) is 5.41 Å². The van der Waals surface area contributed by atoms with E-state index in [0.29, 0.717) is 5.41 Å². The number of aromatic nitrogens is 4. The first-order valence-electron chi connectivity index (χ1n) is 4.72. The first-order chi connectivity index (χ1) is 6.26. The molecule has 0 radical (unpaired) electrons. The Bertz CT molecular complexity index is 288. The molecule has 0 unspecified atom stereocenters. The van der Waals surface area contributed by atoms with Gasteiger partial charge < -0.3 is 5.32 Å². The third kappa shape index (κ3) is 1.64. The Labute approximate surface area is 77.5 Å². The highest BCUT2D eigenvalue weighted by Crippen LogP contribution is 2.48. The molecule has 1 heterocycles. The Morgan fingerprint density at radius 1 is 1.54 bits per heavy atom. The zero-order valence-electron chi connectivity index (χ0n) is 8.12. The van der Waals surface area contributed by atoms with Crippen LogP contribution in [-0.4, -0.2) is 26.8 Å². The van der Waals surface area contributed by atoms with Crippen LogP contribution in [0.3, 0.4) is 0 Å². The highest BCUT2D eigenvalue weighted by atomic mass is 15.6. The van der Waals surface area contributed by atoms with Crippen molar-refractivity contribution >= 4 is 5.95 Å². The fourth-order valence-electron chi connectivity index (χ4n) is 1.48. The van der Waals surface area contributed by atoms with E-state index in [1.165, 1.54) is 19.3 Å². The van der Waals surface area contributed by atoms with E-state index in [0.717, 1.165) is 12.5 Å². The lowest BCUT2D eigenvalue weighted by Gasteiger charge is -2.12. The molecular weight excluding hydrogens is 166 g/mol. The van der Waals surface area contributed by atoms with E-state index in [2.05, 4.69) is 27.8 Å². The topological polar surface area (TPSA) is 55.6 Å². The van der Waals surface area contributed by atoms with E-state index in [4.69, 9.17) is 0 Å². The van der Waals surface area contributed by atoms with Gasteiger partial charge in [-0.15, -0.1) is 0 Å². The van der Waals surface area contributed by atoms with Crippen LogP contribution in [0.2, 0.25) is 0 Å². The van der Waals surface area contributed by atoms with E-state index in [9.17, 15) is 0 Å². The molecule has 72 valence electrons. The fourth-order valence-corrected chi connectivity index (χ4v) is 1.48. The Kier molecular flexibility index (Phi) is 1.94. The SMILES string of the molecule is CCC1(CNc2nnnn2C)CC1. The molecule has 0 spiro atoms. The minimum atomic E-state index is 0.534. The van der Waals surface area contributed by atoms with Crippen LogP contribution in [0.5, 0.6) is 0 Å². The van der Waals surface area contributed by atoms with E-state index in [1.807, 2.05) is 7.05 Å². The second kappa shape index (κ2) is 2.97. The number of nitrogens with one attached hydrogen (secondary N) is 1. The normalized spacial score (nSPS) is 18.6. The van der Waals surface area contributed by atoms with Crippen LogP contribution in [0.4, 0.5) is 5.95 Å². The maximum atomic E-state index is 3.87. The van der Waals surface area contributed by atoms with Crippen LogP contribution in [0.25, 0.3) is 0 Å². The zero-order valence-corrected chi connectivity index (χ0v) is 8.12. The fraction of sp³-hybridized carbons (Fsp3) is 0.875. The summed E-state index contributed by atoms with van der Waals surface area (Å²) in [6, 6.07) is 0. The number of hydrogen-bond acceptors (Lipinski definition) is 4.